The van der Waals surface area contributed by atoms with Crippen LogP contribution in [0.4, 0.5) is 0 Å². The third kappa shape index (κ3) is 3.52. The number of carbonyl (C=O) groups is 2. The van der Waals surface area contributed by atoms with E-state index in [1.807, 2.05) is 11.1 Å². The molecule has 3 aliphatic rings. The Bertz CT molecular complexity index is 906. The van der Waals surface area contributed by atoms with Crippen LogP contribution >= 0.6 is 0 Å². The lowest BCUT2D eigenvalue weighted by Gasteiger charge is -2.36. The average Bonchev–Trinajstić information content (AvgIpc) is 3.16. The van der Waals surface area contributed by atoms with Crippen LogP contribution in [0.25, 0.3) is 5.52 Å². The minimum absolute atomic E-state index is 0.0290. The molecule has 0 unspecified atom stereocenters. The molecule has 7 heteroatoms. The number of likely N-dealkylation sites (tertiary alicyclic amines) is 1. The Balaban J connectivity index is 1.31. The van der Waals surface area contributed by atoms with Gasteiger partial charge < -0.3 is 14.5 Å². The quantitative estimate of drug-likeness (QED) is 0.799. The van der Waals surface area contributed by atoms with E-state index in [1.165, 1.54) is 12.0 Å². The lowest BCUT2D eigenvalue weighted by Crippen LogP contribution is -2.43. The van der Waals surface area contributed by atoms with E-state index in [0.717, 1.165) is 44.3 Å². The van der Waals surface area contributed by atoms with Crippen molar-refractivity contribution in [2.45, 2.75) is 38.0 Å². The van der Waals surface area contributed by atoms with Gasteiger partial charge in [0.2, 0.25) is 5.91 Å². The van der Waals surface area contributed by atoms with Crippen LogP contribution in [0.3, 0.4) is 0 Å². The van der Waals surface area contributed by atoms with Gasteiger partial charge in [0.25, 0.3) is 5.91 Å². The second-order valence-corrected chi connectivity index (χ2v) is 8.48. The fourth-order valence-electron chi connectivity index (χ4n) is 4.70. The molecule has 154 valence electrons. The summed E-state index contributed by atoms with van der Waals surface area (Å²) in [6.45, 7) is 4.11. The number of nitrogens with zero attached hydrogens (tertiary/aromatic N) is 4. The van der Waals surface area contributed by atoms with Gasteiger partial charge in [-0.3, -0.25) is 9.59 Å². The average molecular weight is 396 g/mol. The summed E-state index contributed by atoms with van der Waals surface area (Å²) in [6.07, 6.45) is 8.92. The second kappa shape index (κ2) is 7.78. The first-order chi connectivity index (χ1) is 14.2. The molecular weight excluding hydrogens is 368 g/mol. The third-order valence-corrected chi connectivity index (χ3v) is 6.81. The first kappa shape index (κ1) is 18.6. The van der Waals surface area contributed by atoms with Crippen molar-refractivity contribution in [1.82, 2.24) is 19.4 Å². The number of pyridine rings is 1. The standard InChI is InChI=1S/C22H28N4O3/c27-21(17-2-1-3-17)24-7-4-16(5-8-24)18-6-9-26-20(14-18)19(15-23-26)22(28)25-10-12-29-13-11-25/h6,9,14-17H,1-5,7-8,10-13H2. The number of hydrogen-bond acceptors (Lipinski definition) is 4. The molecule has 2 aliphatic heterocycles. The Labute approximate surface area is 170 Å². The largest absolute Gasteiger partial charge is 0.378 e. The van der Waals surface area contributed by atoms with E-state index in [2.05, 4.69) is 22.1 Å². The van der Waals surface area contributed by atoms with Gasteiger partial charge >= 0.3 is 0 Å². The molecular formula is C22H28N4O3. The summed E-state index contributed by atoms with van der Waals surface area (Å²) in [5.74, 6) is 1.09. The Morgan fingerprint density at radius 2 is 1.76 bits per heavy atom. The molecule has 7 nitrogen and oxygen atoms in total. The Kier molecular flexibility index (Phi) is 4.99. The number of hydrogen-bond donors (Lipinski definition) is 0. The monoisotopic (exact) mass is 396 g/mol. The topological polar surface area (TPSA) is 67.2 Å². The van der Waals surface area contributed by atoms with E-state index in [9.17, 15) is 9.59 Å². The fraction of sp³-hybridized carbons (Fsp3) is 0.591. The molecule has 2 aromatic rings. The molecule has 0 radical (unpaired) electrons. The van der Waals surface area contributed by atoms with Crippen molar-refractivity contribution >= 4 is 17.3 Å². The third-order valence-electron chi connectivity index (χ3n) is 6.81. The predicted molar refractivity (Wildman–Crippen MR) is 108 cm³/mol. The molecule has 0 atom stereocenters. The van der Waals surface area contributed by atoms with Crippen molar-refractivity contribution in [3.8, 4) is 0 Å². The number of carbonyl (C=O) groups excluding carboxylic acids is 2. The van der Waals surface area contributed by atoms with Gasteiger partial charge in [-0.05, 0) is 49.3 Å². The van der Waals surface area contributed by atoms with E-state index in [4.69, 9.17) is 4.74 Å². The Morgan fingerprint density at radius 1 is 1.00 bits per heavy atom. The molecule has 2 amide bonds. The van der Waals surface area contributed by atoms with Crippen LogP contribution in [0.1, 0.15) is 53.9 Å². The van der Waals surface area contributed by atoms with Gasteiger partial charge in [-0.1, -0.05) is 6.42 Å². The van der Waals surface area contributed by atoms with Gasteiger partial charge in [0.05, 0.1) is 30.5 Å². The highest BCUT2D eigenvalue weighted by atomic mass is 16.5. The maximum absolute atomic E-state index is 13.0. The van der Waals surface area contributed by atoms with E-state index < -0.39 is 0 Å². The van der Waals surface area contributed by atoms with E-state index in [1.54, 1.807) is 10.7 Å². The molecule has 0 aromatic carbocycles. The van der Waals surface area contributed by atoms with Crippen molar-refractivity contribution in [2.24, 2.45) is 5.92 Å². The zero-order chi connectivity index (χ0) is 19.8. The molecule has 3 fully saturated rings. The summed E-state index contributed by atoms with van der Waals surface area (Å²) in [7, 11) is 0. The predicted octanol–water partition coefficient (Wildman–Crippen LogP) is 2.31. The number of rotatable bonds is 3. The van der Waals surface area contributed by atoms with Gasteiger partial charge in [-0.15, -0.1) is 0 Å². The normalized spacial score (nSPS) is 21.4. The second-order valence-electron chi connectivity index (χ2n) is 8.48. The summed E-state index contributed by atoms with van der Waals surface area (Å²) >= 11 is 0. The van der Waals surface area contributed by atoms with Crippen LogP contribution in [0.15, 0.2) is 24.5 Å². The smallest absolute Gasteiger partial charge is 0.257 e. The summed E-state index contributed by atoms with van der Waals surface area (Å²) in [5, 5.41) is 4.38. The Hall–Kier alpha value is -2.41. The van der Waals surface area contributed by atoms with Crippen LogP contribution in [-0.2, 0) is 9.53 Å². The number of amides is 2. The molecule has 29 heavy (non-hydrogen) atoms. The van der Waals surface area contributed by atoms with E-state index >= 15 is 0 Å². The fourth-order valence-corrected chi connectivity index (χ4v) is 4.70. The van der Waals surface area contributed by atoms with Crippen LogP contribution in [0.5, 0.6) is 0 Å². The molecule has 4 heterocycles. The molecule has 2 aromatic heterocycles. The highest BCUT2D eigenvalue weighted by molar-refractivity contribution is 6.00. The number of aromatic nitrogens is 2. The molecule has 0 N–H and O–H groups in total. The Morgan fingerprint density at radius 3 is 2.45 bits per heavy atom. The van der Waals surface area contributed by atoms with Gasteiger partial charge in [0.15, 0.2) is 0 Å². The van der Waals surface area contributed by atoms with Crippen molar-refractivity contribution in [3.05, 3.63) is 35.7 Å². The van der Waals surface area contributed by atoms with E-state index in [-0.39, 0.29) is 11.8 Å². The molecule has 0 spiro atoms. The lowest BCUT2D eigenvalue weighted by molar-refractivity contribution is -0.139. The lowest BCUT2D eigenvalue weighted by atomic mass is 9.83. The summed E-state index contributed by atoms with van der Waals surface area (Å²) < 4.78 is 7.15. The highest BCUT2D eigenvalue weighted by Crippen LogP contribution is 2.33. The van der Waals surface area contributed by atoms with Crippen LogP contribution < -0.4 is 0 Å². The molecule has 5 rings (SSSR count). The first-order valence-corrected chi connectivity index (χ1v) is 10.8. The molecule has 0 bridgehead atoms. The number of piperidine rings is 1. The summed E-state index contributed by atoms with van der Waals surface area (Å²) in [4.78, 5) is 29.4. The maximum atomic E-state index is 13.0. The van der Waals surface area contributed by atoms with Crippen LogP contribution in [0.2, 0.25) is 0 Å². The first-order valence-electron chi connectivity index (χ1n) is 10.8. The highest BCUT2D eigenvalue weighted by Gasteiger charge is 2.32. The van der Waals surface area contributed by atoms with Crippen molar-refractivity contribution < 1.29 is 14.3 Å². The minimum Gasteiger partial charge on any atom is -0.378 e. The number of ether oxygens (including phenoxy) is 1. The zero-order valence-corrected chi connectivity index (χ0v) is 16.8. The molecule has 2 saturated heterocycles. The van der Waals surface area contributed by atoms with E-state index in [0.29, 0.717) is 43.7 Å². The van der Waals surface area contributed by atoms with Crippen molar-refractivity contribution in [3.63, 3.8) is 0 Å². The van der Waals surface area contributed by atoms with Crippen molar-refractivity contribution in [1.29, 1.82) is 0 Å². The molecule has 1 saturated carbocycles. The zero-order valence-electron chi connectivity index (χ0n) is 16.8. The van der Waals surface area contributed by atoms with Gasteiger partial charge in [0.1, 0.15) is 0 Å². The van der Waals surface area contributed by atoms with Crippen molar-refractivity contribution in [2.75, 3.05) is 39.4 Å². The van der Waals surface area contributed by atoms with Gasteiger partial charge in [-0.25, -0.2) is 4.52 Å². The number of fused-ring (bicyclic) bond motifs is 1. The summed E-state index contributed by atoms with van der Waals surface area (Å²) in [6, 6.07) is 4.23. The van der Waals surface area contributed by atoms with Gasteiger partial charge in [0, 0.05) is 38.3 Å². The minimum atomic E-state index is 0.0290. The summed E-state index contributed by atoms with van der Waals surface area (Å²) in [5.41, 5.74) is 2.77. The number of morpholine rings is 1. The van der Waals surface area contributed by atoms with Crippen LogP contribution in [0, 0.1) is 5.92 Å². The van der Waals surface area contributed by atoms with Crippen LogP contribution in [-0.4, -0.2) is 70.6 Å². The SMILES string of the molecule is O=C(c1cnn2ccc(C3CCN(C(=O)C4CCC4)CC3)cc12)N1CCOCC1. The van der Waals surface area contributed by atoms with Gasteiger partial charge in [-0.2, -0.15) is 5.10 Å². The molecule has 1 aliphatic carbocycles. The maximum Gasteiger partial charge on any atom is 0.257 e.